The molecule has 0 aliphatic heterocycles. The van der Waals surface area contributed by atoms with Gasteiger partial charge < -0.3 is 13.6 Å². The lowest BCUT2D eigenvalue weighted by Crippen LogP contribution is -2.74. The topological polar surface area (TPSA) is 23.0 Å². The summed E-state index contributed by atoms with van der Waals surface area (Å²) in [5.74, 6) is 0. The molecule has 4 heteroatoms. The van der Waals surface area contributed by atoms with Gasteiger partial charge in [0, 0.05) is 54.8 Å². The lowest BCUT2D eigenvalue weighted by atomic mass is 9.99. The van der Waals surface area contributed by atoms with E-state index in [-0.39, 0.29) is 0 Å². The molecule has 0 saturated heterocycles. The summed E-state index contributed by atoms with van der Waals surface area (Å²) < 4.78 is 11.7. The average Bonchev–Trinajstić information content (AvgIpc) is 4.03. The summed E-state index contributed by atoms with van der Waals surface area (Å²) in [7, 11) is -2.84. The van der Waals surface area contributed by atoms with Gasteiger partial charge in [-0.05, 0) is 69.3 Å². The van der Waals surface area contributed by atoms with Gasteiger partial charge in [-0.25, -0.2) is 0 Å². The molecule has 0 N–H and O–H groups in total. The first-order valence-electron chi connectivity index (χ1n) is 22.0. The van der Waals surface area contributed by atoms with E-state index in [0.717, 1.165) is 55.5 Å². The summed E-state index contributed by atoms with van der Waals surface area (Å²) in [5, 5.41) is 12.5. The Kier molecular flexibility index (Phi) is 8.23. The van der Waals surface area contributed by atoms with E-state index in [0.29, 0.717) is 0 Å². The van der Waals surface area contributed by atoms with Crippen LogP contribution in [0.5, 0.6) is 0 Å². The van der Waals surface area contributed by atoms with Crippen molar-refractivity contribution in [2.45, 2.75) is 0 Å². The minimum Gasteiger partial charge on any atom is -0.455 e. The van der Waals surface area contributed by atoms with E-state index in [9.17, 15) is 0 Å². The van der Waals surface area contributed by atoms with Crippen LogP contribution in [0.2, 0.25) is 0 Å². The van der Waals surface area contributed by atoms with E-state index in [1.165, 1.54) is 53.3 Å². The molecule has 10 aromatic carbocycles. The molecule has 0 spiro atoms. The second-order valence-corrected chi connectivity index (χ2v) is 20.6. The number of aromatic nitrogens is 2. The van der Waals surface area contributed by atoms with E-state index in [4.69, 9.17) is 4.42 Å². The summed E-state index contributed by atoms with van der Waals surface area (Å²) >= 11 is 0. The van der Waals surface area contributed by atoms with Crippen molar-refractivity contribution in [3.8, 4) is 22.5 Å². The van der Waals surface area contributed by atoms with Crippen molar-refractivity contribution in [2.24, 2.45) is 0 Å². The maximum atomic E-state index is 6.76. The predicted octanol–water partition coefficient (Wildman–Crippen LogP) is 12.8. The lowest BCUT2D eigenvalue weighted by molar-refractivity contribution is 0.670. The van der Waals surface area contributed by atoms with Crippen LogP contribution >= 0.6 is 0 Å². The summed E-state index contributed by atoms with van der Waals surface area (Å²) in [5.41, 5.74) is 10.9. The first-order chi connectivity index (χ1) is 31.8. The molecule has 0 unspecified atom stereocenters. The van der Waals surface area contributed by atoms with Crippen molar-refractivity contribution < 1.29 is 4.42 Å². The zero-order valence-electron chi connectivity index (χ0n) is 34.9. The monoisotopic (exact) mass is 832 g/mol. The Balaban J connectivity index is 1.14. The van der Waals surface area contributed by atoms with Gasteiger partial charge in [-0.3, -0.25) is 0 Å². The highest BCUT2D eigenvalue weighted by molar-refractivity contribution is 7.19. The maximum Gasteiger partial charge on any atom is 0.179 e. The number of para-hydroxylation sites is 5. The fraction of sp³-hybridized carbons (Fsp3) is 0. The van der Waals surface area contributed by atoms with Crippen LogP contribution in [-0.2, 0) is 0 Å². The molecule has 3 aromatic heterocycles. The van der Waals surface area contributed by atoms with Crippen LogP contribution in [0.15, 0.2) is 247 Å². The first kappa shape index (κ1) is 36.5. The van der Waals surface area contributed by atoms with Crippen LogP contribution in [0, 0.1) is 0 Å². The molecule has 0 radical (unpaired) electrons. The van der Waals surface area contributed by atoms with Gasteiger partial charge in [0.05, 0.1) is 22.1 Å². The van der Waals surface area contributed by atoms with Crippen molar-refractivity contribution in [3.63, 3.8) is 0 Å². The van der Waals surface area contributed by atoms with Crippen molar-refractivity contribution in [1.29, 1.82) is 0 Å². The average molecular weight is 833 g/mol. The molecule has 0 aliphatic rings. The standard InChI is InChI=1S/C60H40N2OSi/c1-4-20-43(21-5-1)64(44-22-6-2-7-23-44,45-24-8-3-9-25-45)46-26-16-19-41(39-46)62-57-38-37-42(61-55-34-13-10-27-47(55)48-28-11-14-35-56(48)61)40-54(57)51-31-17-30-50(59(51)62)53-33-18-32-52-49-29-12-15-36-58(49)63-60(52)53/h1-40H. The van der Waals surface area contributed by atoms with Gasteiger partial charge in [-0.1, -0.05) is 194 Å². The molecule has 0 fully saturated rings. The zero-order valence-corrected chi connectivity index (χ0v) is 35.9. The summed E-state index contributed by atoms with van der Waals surface area (Å²) in [4.78, 5) is 0. The molecular weight excluding hydrogens is 793 g/mol. The van der Waals surface area contributed by atoms with E-state index < -0.39 is 8.07 Å². The molecule has 0 amide bonds. The molecule has 0 aliphatic carbocycles. The van der Waals surface area contributed by atoms with E-state index in [2.05, 4.69) is 246 Å². The summed E-state index contributed by atoms with van der Waals surface area (Å²) in [6.07, 6.45) is 0. The molecular formula is C60H40N2OSi. The van der Waals surface area contributed by atoms with Gasteiger partial charge in [0.2, 0.25) is 0 Å². The van der Waals surface area contributed by atoms with Crippen LogP contribution < -0.4 is 20.7 Å². The number of benzene rings is 10. The summed E-state index contributed by atoms with van der Waals surface area (Å²) in [6, 6.07) is 89.3. The molecule has 13 aromatic rings. The fourth-order valence-corrected chi connectivity index (χ4v) is 15.6. The lowest BCUT2D eigenvalue weighted by Gasteiger charge is -2.34. The number of furan rings is 1. The molecule has 0 saturated carbocycles. The third-order valence-corrected chi connectivity index (χ3v) is 18.2. The van der Waals surface area contributed by atoms with E-state index >= 15 is 0 Å². The largest absolute Gasteiger partial charge is 0.455 e. The molecule has 300 valence electrons. The third-order valence-electron chi connectivity index (χ3n) is 13.5. The molecule has 3 nitrogen and oxygen atoms in total. The number of fused-ring (bicyclic) bond motifs is 9. The Hall–Kier alpha value is -8.18. The van der Waals surface area contributed by atoms with E-state index in [1.54, 1.807) is 0 Å². The highest BCUT2D eigenvalue weighted by Crippen LogP contribution is 2.43. The zero-order chi connectivity index (χ0) is 42.2. The fourth-order valence-electron chi connectivity index (χ4n) is 10.8. The number of hydrogen-bond acceptors (Lipinski definition) is 1. The predicted molar refractivity (Wildman–Crippen MR) is 271 cm³/mol. The Morgan fingerprint density at radius 3 is 1.44 bits per heavy atom. The Morgan fingerprint density at radius 1 is 0.297 bits per heavy atom. The Morgan fingerprint density at radius 2 is 0.781 bits per heavy atom. The highest BCUT2D eigenvalue weighted by atomic mass is 28.3. The number of rotatable bonds is 7. The van der Waals surface area contributed by atoms with Crippen LogP contribution in [0.3, 0.4) is 0 Å². The minimum absolute atomic E-state index is 0.894. The molecule has 3 heterocycles. The van der Waals surface area contributed by atoms with Crippen molar-refractivity contribution in [3.05, 3.63) is 243 Å². The van der Waals surface area contributed by atoms with Crippen LogP contribution in [0.1, 0.15) is 0 Å². The molecule has 64 heavy (non-hydrogen) atoms. The Labute approximate surface area is 371 Å². The minimum atomic E-state index is -2.84. The maximum absolute atomic E-state index is 6.76. The van der Waals surface area contributed by atoms with Gasteiger partial charge in [0.1, 0.15) is 11.2 Å². The third kappa shape index (κ3) is 5.33. The molecule has 0 atom stereocenters. The summed E-state index contributed by atoms with van der Waals surface area (Å²) in [6.45, 7) is 0. The Bertz CT molecular complexity index is 3750. The second-order valence-electron chi connectivity index (χ2n) is 16.8. The smallest absolute Gasteiger partial charge is 0.179 e. The normalized spacial score (nSPS) is 12.1. The van der Waals surface area contributed by atoms with Gasteiger partial charge in [0.25, 0.3) is 0 Å². The van der Waals surface area contributed by atoms with Gasteiger partial charge in [-0.2, -0.15) is 0 Å². The van der Waals surface area contributed by atoms with E-state index in [1.807, 2.05) is 6.07 Å². The molecule has 0 bridgehead atoms. The van der Waals surface area contributed by atoms with Crippen molar-refractivity contribution in [2.75, 3.05) is 0 Å². The van der Waals surface area contributed by atoms with Crippen molar-refractivity contribution in [1.82, 2.24) is 9.13 Å². The highest BCUT2D eigenvalue weighted by Gasteiger charge is 2.41. The number of nitrogens with zero attached hydrogens (tertiary/aromatic N) is 2. The number of hydrogen-bond donors (Lipinski definition) is 0. The van der Waals surface area contributed by atoms with Crippen LogP contribution in [0.4, 0.5) is 0 Å². The van der Waals surface area contributed by atoms with Gasteiger partial charge >= 0.3 is 0 Å². The van der Waals surface area contributed by atoms with Crippen LogP contribution in [0.25, 0.3) is 88.1 Å². The van der Waals surface area contributed by atoms with Crippen molar-refractivity contribution >= 4 is 94.4 Å². The van der Waals surface area contributed by atoms with Gasteiger partial charge in [0.15, 0.2) is 8.07 Å². The first-order valence-corrected chi connectivity index (χ1v) is 24.0. The van der Waals surface area contributed by atoms with Crippen LogP contribution in [-0.4, -0.2) is 17.2 Å². The van der Waals surface area contributed by atoms with Gasteiger partial charge in [-0.15, -0.1) is 0 Å². The SMILES string of the molecule is c1ccc([Si](c2ccccc2)(c2ccccc2)c2cccc(-n3c4ccc(-n5c6ccccc6c6ccccc65)cc4c4cccc(-c5cccc6c5oc5ccccc56)c43)c2)cc1. The quantitative estimate of drug-likeness (QED) is 0.116. The molecule has 13 rings (SSSR count). The second kappa shape index (κ2) is 14.5.